The first kappa shape index (κ1) is 14.1. The van der Waals surface area contributed by atoms with Gasteiger partial charge in [-0.25, -0.2) is 0 Å². The predicted molar refractivity (Wildman–Crippen MR) is 87.0 cm³/mol. The van der Waals surface area contributed by atoms with Crippen molar-refractivity contribution in [3.63, 3.8) is 0 Å². The molecule has 1 unspecified atom stereocenters. The molecule has 0 spiro atoms. The van der Waals surface area contributed by atoms with Gasteiger partial charge in [0.2, 0.25) is 0 Å². The monoisotopic (exact) mass is 295 g/mol. The summed E-state index contributed by atoms with van der Waals surface area (Å²) in [5, 5.41) is 0. The Bertz CT molecular complexity index is 617. The fourth-order valence-corrected chi connectivity index (χ4v) is 3.10. The first-order valence-electron chi connectivity index (χ1n) is 7.25. The molecule has 1 aliphatic rings. The number of rotatable bonds is 3. The topological polar surface area (TPSA) is 18.5 Å². The number of benzene rings is 2. The molecule has 0 saturated carbocycles. The number of hydrogen-bond donors (Lipinski definition) is 0. The second kappa shape index (κ2) is 6.29. The Morgan fingerprint density at radius 1 is 0.952 bits per heavy atom. The molecule has 0 saturated heterocycles. The van der Waals surface area contributed by atoms with Crippen LogP contribution < -0.4 is 0 Å². The molecular formula is C18H19O2Si-. The molecule has 21 heavy (non-hydrogen) atoms. The first-order valence-corrected chi connectivity index (χ1v) is 8.19. The van der Waals surface area contributed by atoms with Crippen LogP contribution in [0.25, 0.3) is 5.76 Å². The summed E-state index contributed by atoms with van der Waals surface area (Å²) in [5.41, 5.74) is 3.64. The highest BCUT2D eigenvalue weighted by molar-refractivity contribution is 6.21. The average molecular weight is 295 g/mol. The van der Waals surface area contributed by atoms with Crippen molar-refractivity contribution in [1.29, 1.82) is 0 Å². The molecule has 0 radical (unpaired) electrons. The van der Waals surface area contributed by atoms with Gasteiger partial charge in [0.1, 0.15) is 0 Å². The zero-order valence-electron chi connectivity index (χ0n) is 12.3. The fraction of sp³-hybridized carbons (Fsp3) is 0.222. The Balaban J connectivity index is 1.86. The lowest BCUT2D eigenvalue weighted by molar-refractivity contribution is 0.209. The molecule has 0 aromatic heterocycles. The standard InChI is InChI=1S/C18H19O2Si/c1-13(2)14-8-10-16(11-9-14)18-12-17(19-21-20-18)15-6-4-3-5-7-15/h3-13,17,21H,1-2H3/q-1. The van der Waals surface area contributed by atoms with E-state index in [4.69, 9.17) is 8.85 Å². The third kappa shape index (κ3) is 3.26. The van der Waals surface area contributed by atoms with E-state index >= 15 is 0 Å². The molecule has 0 fully saturated rings. The van der Waals surface area contributed by atoms with Gasteiger partial charge < -0.3 is 8.85 Å². The highest BCUT2D eigenvalue weighted by atomic mass is 28.3. The minimum absolute atomic E-state index is 0.00488. The summed E-state index contributed by atoms with van der Waals surface area (Å²) >= 11 is 0. The van der Waals surface area contributed by atoms with Crippen LogP contribution >= 0.6 is 0 Å². The zero-order valence-corrected chi connectivity index (χ0v) is 13.5. The van der Waals surface area contributed by atoms with Crippen molar-refractivity contribution in [2.45, 2.75) is 25.9 Å². The van der Waals surface area contributed by atoms with E-state index < -0.39 is 10.0 Å². The van der Waals surface area contributed by atoms with E-state index in [1.807, 2.05) is 18.2 Å². The quantitative estimate of drug-likeness (QED) is 0.790. The van der Waals surface area contributed by atoms with E-state index in [9.17, 15) is 0 Å². The van der Waals surface area contributed by atoms with Crippen molar-refractivity contribution in [2.24, 2.45) is 0 Å². The maximum Gasteiger partial charge on any atom is 0.0889 e. The molecule has 2 aromatic rings. The first-order chi connectivity index (χ1) is 10.2. The van der Waals surface area contributed by atoms with E-state index in [1.165, 1.54) is 11.1 Å². The number of hydrogen-bond acceptors (Lipinski definition) is 2. The predicted octanol–water partition coefficient (Wildman–Crippen LogP) is 4.21. The van der Waals surface area contributed by atoms with Gasteiger partial charge in [0.25, 0.3) is 0 Å². The molecule has 0 bridgehead atoms. The van der Waals surface area contributed by atoms with Gasteiger partial charge in [-0.1, -0.05) is 68.4 Å². The van der Waals surface area contributed by atoms with Crippen molar-refractivity contribution in [3.05, 3.63) is 77.4 Å². The molecule has 3 rings (SSSR count). The second-order valence-electron chi connectivity index (χ2n) is 5.49. The summed E-state index contributed by atoms with van der Waals surface area (Å²) < 4.78 is 11.5. The fourth-order valence-electron chi connectivity index (χ4n) is 2.37. The van der Waals surface area contributed by atoms with Crippen LogP contribution in [-0.2, 0) is 8.85 Å². The van der Waals surface area contributed by atoms with E-state index in [2.05, 4.69) is 56.3 Å². The van der Waals surface area contributed by atoms with Crippen LogP contribution in [0.1, 0.15) is 42.6 Å². The Hall–Kier alpha value is -1.84. The van der Waals surface area contributed by atoms with Crippen LogP contribution in [0, 0.1) is 0 Å². The highest BCUT2D eigenvalue weighted by Gasteiger charge is 2.12. The van der Waals surface area contributed by atoms with Crippen LogP contribution in [-0.4, -0.2) is 10.0 Å². The Morgan fingerprint density at radius 3 is 2.33 bits per heavy atom. The normalized spacial score (nSPS) is 18.2. The van der Waals surface area contributed by atoms with E-state index in [0.29, 0.717) is 5.92 Å². The molecule has 1 atom stereocenters. The van der Waals surface area contributed by atoms with E-state index in [1.54, 1.807) is 0 Å². The van der Waals surface area contributed by atoms with Gasteiger partial charge >= 0.3 is 0 Å². The molecule has 1 heterocycles. The molecule has 3 heteroatoms. The summed E-state index contributed by atoms with van der Waals surface area (Å²) in [6.07, 6.45) is 2.06. The largest absolute Gasteiger partial charge is 0.688 e. The summed E-state index contributed by atoms with van der Waals surface area (Å²) in [6.45, 7) is 4.41. The van der Waals surface area contributed by atoms with Crippen LogP contribution in [0.2, 0.25) is 0 Å². The van der Waals surface area contributed by atoms with Gasteiger partial charge in [0.05, 0.1) is 21.9 Å². The lowest BCUT2D eigenvalue weighted by Gasteiger charge is -2.33. The van der Waals surface area contributed by atoms with Crippen LogP contribution in [0.15, 0.2) is 60.7 Å². The van der Waals surface area contributed by atoms with Crippen LogP contribution in [0.4, 0.5) is 0 Å². The van der Waals surface area contributed by atoms with Crippen LogP contribution in [0.5, 0.6) is 0 Å². The van der Waals surface area contributed by atoms with Crippen molar-refractivity contribution >= 4 is 15.8 Å². The molecular weight excluding hydrogens is 276 g/mol. The third-order valence-corrected chi connectivity index (χ3v) is 4.42. The molecule has 2 nitrogen and oxygen atoms in total. The third-order valence-electron chi connectivity index (χ3n) is 3.67. The molecule has 1 aliphatic heterocycles. The summed E-state index contributed by atoms with van der Waals surface area (Å²) in [7, 11) is -0.465. The van der Waals surface area contributed by atoms with Crippen molar-refractivity contribution in [1.82, 2.24) is 0 Å². The lowest BCUT2D eigenvalue weighted by Crippen LogP contribution is -2.15. The van der Waals surface area contributed by atoms with Crippen molar-refractivity contribution in [2.75, 3.05) is 0 Å². The molecule has 108 valence electrons. The summed E-state index contributed by atoms with van der Waals surface area (Å²) in [5.74, 6) is 1.48. The average Bonchev–Trinajstić information content (AvgIpc) is 2.56. The minimum Gasteiger partial charge on any atom is -0.688 e. The molecule has 0 N–H and O–H groups in total. The Labute approximate surface area is 128 Å². The summed E-state index contributed by atoms with van der Waals surface area (Å²) in [6, 6.07) is 18.9. The Kier molecular flexibility index (Phi) is 4.22. The van der Waals surface area contributed by atoms with Gasteiger partial charge in [0, 0.05) is 5.56 Å². The molecule has 2 aromatic carbocycles. The SMILES string of the molecule is CC(C)c1ccc(C2=CC(c3ccccc3)O[SiH-]O2)cc1. The maximum absolute atomic E-state index is 5.76. The van der Waals surface area contributed by atoms with E-state index in [0.717, 1.165) is 11.3 Å². The smallest absolute Gasteiger partial charge is 0.0889 e. The van der Waals surface area contributed by atoms with Crippen molar-refractivity contribution in [3.8, 4) is 0 Å². The Morgan fingerprint density at radius 2 is 1.67 bits per heavy atom. The second-order valence-corrected chi connectivity index (χ2v) is 6.19. The van der Waals surface area contributed by atoms with Crippen LogP contribution in [0.3, 0.4) is 0 Å². The van der Waals surface area contributed by atoms with Gasteiger partial charge in [-0.15, -0.1) is 0 Å². The minimum atomic E-state index is -0.465. The van der Waals surface area contributed by atoms with Gasteiger partial charge in [0.15, 0.2) is 0 Å². The van der Waals surface area contributed by atoms with Crippen molar-refractivity contribution < 1.29 is 8.85 Å². The van der Waals surface area contributed by atoms with Gasteiger partial charge in [-0.2, -0.15) is 0 Å². The van der Waals surface area contributed by atoms with Gasteiger partial charge in [-0.05, 0) is 23.1 Å². The lowest BCUT2D eigenvalue weighted by atomic mass is 10.0. The molecule has 0 amide bonds. The molecule has 0 aliphatic carbocycles. The maximum atomic E-state index is 5.76. The zero-order chi connectivity index (χ0) is 14.7. The highest BCUT2D eigenvalue weighted by Crippen LogP contribution is 2.29. The van der Waals surface area contributed by atoms with E-state index in [-0.39, 0.29) is 6.10 Å². The van der Waals surface area contributed by atoms with Gasteiger partial charge in [-0.3, -0.25) is 0 Å². The summed E-state index contributed by atoms with van der Waals surface area (Å²) in [4.78, 5) is 0.